The van der Waals surface area contributed by atoms with Crippen LogP contribution in [0.4, 0.5) is 0 Å². The van der Waals surface area contributed by atoms with E-state index in [0.717, 1.165) is 0 Å². The first-order chi connectivity index (χ1) is 5.91. The van der Waals surface area contributed by atoms with Gasteiger partial charge in [-0.3, -0.25) is 0 Å². The van der Waals surface area contributed by atoms with Crippen molar-refractivity contribution in [3.63, 3.8) is 0 Å². The summed E-state index contributed by atoms with van der Waals surface area (Å²) in [6.45, 7) is 4.56. The second-order valence-electron chi connectivity index (χ2n) is 3.83. The van der Waals surface area contributed by atoms with Gasteiger partial charge in [-0.2, -0.15) is 0 Å². The van der Waals surface area contributed by atoms with Crippen LogP contribution >= 0.6 is 0 Å². The van der Waals surface area contributed by atoms with E-state index in [0.29, 0.717) is 0 Å². The molecule has 0 aliphatic carbocycles. The van der Waals surface area contributed by atoms with Crippen molar-refractivity contribution >= 4 is 0 Å². The van der Waals surface area contributed by atoms with Crippen LogP contribution in [-0.4, -0.2) is 0 Å². The molecule has 0 nitrogen and oxygen atoms in total. The molecule has 0 aliphatic heterocycles. The van der Waals surface area contributed by atoms with Crippen LogP contribution in [0.1, 0.15) is 78.1 Å². The molecule has 0 spiro atoms. The smallest absolute Gasteiger partial charge is 0 e. The molecule has 13 heavy (non-hydrogen) atoms. The van der Waals surface area contributed by atoms with Gasteiger partial charge in [0.05, 0.1) is 0 Å². The molecular weight excluding hydrogens is 210 g/mol. The minimum Gasteiger partial charge on any atom is -0.0654 e. The van der Waals surface area contributed by atoms with E-state index < -0.39 is 0 Å². The second kappa shape index (κ2) is 15.1. The summed E-state index contributed by atoms with van der Waals surface area (Å²) in [6, 6.07) is 0. The zero-order chi connectivity index (χ0) is 9.07. The SMILES string of the molecule is CCCCCCCCCCCC.[Zn]. The van der Waals surface area contributed by atoms with Crippen LogP contribution in [0.2, 0.25) is 0 Å². The molecule has 0 atom stereocenters. The van der Waals surface area contributed by atoms with E-state index in [1.165, 1.54) is 64.2 Å². The summed E-state index contributed by atoms with van der Waals surface area (Å²) < 4.78 is 0. The Morgan fingerprint density at radius 2 is 0.692 bits per heavy atom. The summed E-state index contributed by atoms with van der Waals surface area (Å²) in [5.74, 6) is 0. The van der Waals surface area contributed by atoms with Gasteiger partial charge in [-0.15, -0.1) is 0 Å². The Morgan fingerprint density at radius 1 is 0.462 bits per heavy atom. The number of rotatable bonds is 9. The third-order valence-electron chi connectivity index (χ3n) is 2.46. The molecule has 0 aliphatic rings. The molecule has 0 aromatic carbocycles. The first kappa shape index (κ1) is 16.1. The van der Waals surface area contributed by atoms with Gasteiger partial charge < -0.3 is 0 Å². The fraction of sp³-hybridized carbons (Fsp3) is 1.00. The van der Waals surface area contributed by atoms with Gasteiger partial charge in [0, 0.05) is 19.5 Å². The Morgan fingerprint density at radius 3 is 0.923 bits per heavy atom. The van der Waals surface area contributed by atoms with Gasteiger partial charge in [0.2, 0.25) is 0 Å². The van der Waals surface area contributed by atoms with Crippen molar-refractivity contribution < 1.29 is 19.5 Å². The molecule has 0 radical (unpaired) electrons. The van der Waals surface area contributed by atoms with Crippen LogP contribution in [0.3, 0.4) is 0 Å². The number of hydrogen-bond donors (Lipinski definition) is 0. The van der Waals surface area contributed by atoms with Crippen molar-refractivity contribution in [2.75, 3.05) is 0 Å². The van der Waals surface area contributed by atoms with E-state index in [4.69, 9.17) is 0 Å². The van der Waals surface area contributed by atoms with Crippen molar-refractivity contribution in [1.82, 2.24) is 0 Å². The van der Waals surface area contributed by atoms with Gasteiger partial charge in [-0.05, 0) is 0 Å². The molecule has 1 heteroatoms. The van der Waals surface area contributed by atoms with Crippen molar-refractivity contribution in [3.8, 4) is 0 Å². The molecule has 0 aromatic heterocycles. The molecule has 0 N–H and O–H groups in total. The van der Waals surface area contributed by atoms with E-state index in [1.54, 1.807) is 0 Å². The largest absolute Gasteiger partial charge is 0.0654 e. The summed E-state index contributed by atoms with van der Waals surface area (Å²) in [7, 11) is 0. The Kier molecular flexibility index (Phi) is 18.7. The fourth-order valence-corrected chi connectivity index (χ4v) is 1.56. The van der Waals surface area contributed by atoms with Gasteiger partial charge in [0.15, 0.2) is 0 Å². The van der Waals surface area contributed by atoms with Crippen LogP contribution in [0, 0.1) is 0 Å². The average Bonchev–Trinajstić information content (AvgIpc) is 2.10. The van der Waals surface area contributed by atoms with Gasteiger partial charge in [0.1, 0.15) is 0 Å². The molecule has 0 saturated carbocycles. The number of unbranched alkanes of at least 4 members (excludes halogenated alkanes) is 9. The molecule has 0 aromatic rings. The monoisotopic (exact) mass is 234 g/mol. The van der Waals surface area contributed by atoms with Crippen LogP contribution in [-0.2, 0) is 19.5 Å². The normalized spacial score (nSPS) is 9.69. The third kappa shape index (κ3) is 15.4. The maximum absolute atomic E-state index is 2.28. The first-order valence-corrected chi connectivity index (χ1v) is 5.91. The molecule has 0 saturated heterocycles. The third-order valence-corrected chi connectivity index (χ3v) is 2.46. The van der Waals surface area contributed by atoms with E-state index in [9.17, 15) is 0 Å². The second-order valence-corrected chi connectivity index (χ2v) is 3.83. The predicted molar refractivity (Wildman–Crippen MR) is 57.5 cm³/mol. The van der Waals surface area contributed by atoms with E-state index in [2.05, 4.69) is 13.8 Å². The average molecular weight is 236 g/mol. The molecule has 0 rings (SSSR count). The van der Waals surface area contributed by atoms with Gasteiger partial charge in [-0.25, -0.2) is 0 Å². The van der Waals surface area contributed by atoms with Gasteiger partial charge >= 0.3 is 0 Å². The van der Waals surface area contributed by atoms with Crippen LogP contribution < -0.4 is 0 Å². The molecule has 0 heterocycles. The summed E-state index contributed by atoms with van der Waals surface area (Å²) >= 11 is 0. The first-order valence-electron chi connectivity index (χ1n) is 5.91. The van der Waals surface area contributed by atoms with E-state index in [1.807, 2.05) is 0 Å². The van der Waals surface area contributed by atoms with E-state index in [-0.39, 0.29) is 19.5 Å². The zero-order valence-corrected chi connectivity index (χ0v) is 12.7. The topological polar surface area (TPSA) is 0 Å². The fourth-order valence-electron chi connectivity index (χ4n) is 1.56. The van der Waals surface area contributed by atoms with Crippen molar-refractivity contribution in [2.24, 2.45) is 0 Å². The summed E-state index contributed by atoms with van der Waals surface area (Å²) in [6.07, 6.45) is 14.4. The van der Waals surface area contributed by atoms with Crippen LogP contribution in [0.25, 0.3) is 0 Å². The van der Waals surface area contributed by atoms with Gasteiger partial charge in [-0.1, -0.05) is 78.1 Å². The molecule has 0 bridgehead atoms. The summed E-state index contributed by atoms with van der Waals surface area (Å²) in [5.41, 5.74) is 0. The quantitative estimate of drug-likeness (QED) is 0.393. The minimum atomic E-state index is 0. The molecular formula is C12H26Zn. The Hall–Kier alpha value is 0.623. The maximum Gasteiger partial charge on any atom is 0 e. The Bertz CT molecular complexity index is 61.5. The van der Waals surface area contributed by atoms with Crippen molar-refractivity contribution in [1.29, 1.82) is 0 Å². The van der Waals surface area contributed by atoms with Crippen molar-refractivity contribution in [2.45, 2.75) is 78.1 Å². The zero-order valence-electron chi connectivity index (χ0n) is 9.78. The standard InChI is InChI=1S/C12H26.Zn/c1-3-5-7-9-11-12-10-8-6-4-2;/h3-12H2,1-2H3;. The van der Waals surface area contributed by atoms with Crippen molar-refractivity contribution in [3.05, 3.63) is 0 Å². The molecule has 76 valence electrons. The minimum absolute atomic E-state index is 0. The number of hydrogen-bond acceptors (Lipinski definition) is 0. The summed E-state index contributed by atoms with van der Waals surface area (Å²) in [4.78, 5) is 0. The van der Waals surface area contributed by atoms with Crippen LogP contribution in [0.15, 0.2) is 0 Å². The molecule has 0 fully saturated rings. The molecule has 0 amide bonds. The Balaban J connectivity index is 0. The predicted octanol–water partition coefficient (Wildman–Crippen LogP) is 4.92. The summed E-state index contributed by atoms with van der Waals surface area (Å²) in [5, 5.41) is 0. The maximum atomic E-state index is 2.28. The molecule has 0 unspecified atom stereocenters. The van der Waals surface area contributed by atoms with Crippen LogP contribution in [0.5, 0.6) is 0 Å². The Labute approximate surface area is 97.6 Å². The van der Waals surface area contributed by atoms with Gasteiger partial charge in [0.25, 0.3) is 0 Å². The van der Waals surface area contributed by atoms with E-state index >= 15 is 0 Å².